The van der Waals surface area contributed by atoms with E-state index in [1.54, 1.807) is 12.1 Å². The lowest BCUT2D eigenvalue weighted by atomic mass is 10.2. The lowest BCUT2D eigenvalue weighted by Crippen LogP contribution is -2.17. The molecule has 5 heteroatoms. The molecule has 1 aromatic rings. The van der Waals surface area contributed by atoms with Gasteiger partial charge in [0.25, 0.3) is 5.69 Å². The number of anilines is 1. The van der Waals surface area contributed by atoms with Crippen molar-refractivity contribution in [3.63, 3.8) is 0 Å². The number of non-ortho nitro benzene ring substituents is 1. The van der Waals surface area contributed by atoms with E-state index in [4.69, 9.17) is 0 Å². The van der Waals surface area contributed by atoms with Crippen LogP contribution in [0.3, 0.4) is 0 Å². The van der Waals surface area contributed by atoms with Crippen LogP contribution in [-0.2, 0) is 0 Å². The van der Waals surface area contributed by atoms with Gasteiger partial charge < -0.3 is 5.32 Å². The summed E-state index contributed by atoms with van der Waals surface area (Å²) in [6.45, 7) is 0.936. The molecule has 1 saturated carbocycles. The van der Waals surface area contributed by atoms with Crippen molar-refractivity contribution in [2.24, 2.45) is 0 Å². The fourth-order valence-electron chi connectivity index (χ4n) is 1.56. The first kappa shape index (κ1) is 11.3. The van der Waals surface area contributed by atoms with Gasteiger partial charge in [-0.2, -0.15) is 11.8 Å². The molecule has 1 aliphatic rings. The van der Waals surface area contributed by atoms with Crippen molar-refractivity contribution >= 4 is 23.1 Å². The van der Waals surface area contributed by atoms with Gasteiger partial charge in [-0.15, -0.1) is 0 Å². The van der Waals surface area contributed by atoms with Crippen LogP contribution in [0.25, 0.3) is 0 Å². The van der Waals surface area contributed by atoms with Crippen LogP contribution in [-0.4, -0.2) is 22.5 Å². The van der Waals surface area contributed by atoms with Gasteiger partial charge in [0.1, 0.15) is 0 Å². The van der Waals surface area contributed by atoms with Crippen molar-refractivity contribution in [2.75, 3.05) is 18.1 Å². The Morgan fingerprint density at radius 3 is 2.50 bits per heavy atom. The van der Waals surface area contributed by atoms with E-state index in [9.17, 15) is 10.1 Å². The van der Waals surface area contributed by atoms with Crippen molar-refractivity contribution in [1.29, 1.82) is 0 Å². The summed E-state index contributed by atoms with van der Waals surface area (Å²) in [5.41, 5.74) is 1.09. The smallest absolute Gasteiger partial charge is 0.269 e. The van der Waals surface area contributed by atoms with E-state index in [1.807, 2.05) is 11.8 Å². The molecule has 1 N–H and O–H groups in total. The summed E-state index contributed by atoms with van der Waals surface area (Å²) in [5, 5.41) is 13.8. The summed E-state index contributed by atoms with van der Waals surface area (Å²) >= 11 is 1.89. The molecule has 0 saturated heterocycles. The fraction of sp³-hybridized carbons (Fsp3) is 0.455. The highest BCUT2D eigenvalue weighted by Gasteiger charge is 2.41. The number of nitro groups is 1. The van der Waals surface area contributed by atoms with Crippen LogP contribution >= 0.6 is 11.8 Å². The molecular weight excluding hydrogens is 224 g/mol. The number of hydrogen-bond acceptors (Lipinski definition) is 4. The van der Waals surface area contributed by atoms with Gasteiger partial charge in [0, 0.05) is 29.1 Å². The van der Waals surface area contributed by atoms with Crippen molar-refractivity contribution in [3.05, 3.63) is 34.4 Å². The SMILES string of the molecule is CSC1(CNc2ccc([N+](=O)[O-])cc2)CC1. The molecule has 0 atom stereocenters. The first-order valence-electron chi connectivity index (χ1n) is 5.19. The van der Waals surface area contributed by atoms with Gasteiger partial charge in [-0.1, -0.05) is 0 Å². The standard InChI is InChI=1S/C11H14N2O2S/c1-16-11(6-7-11)8-12-9-2-4-10(5-3-9)13(14)15/h2-5,12H,6-8H2,1H3. The summed E-state index contributed by atoms with van der Waals surface area (Å²) in [6.07, 6.45) is 4.65. The number of nitrogens with zero attached hydrogens (tertiary/aromatic N) is 1. The second-order valence-electron chi connectivity index (χ2n) is 4.04. The Balaban J connectivity index is 1.93. The molecule has 4 nitrogen and oxygen atoms in total. The highest BCUT2D eigenvalue weighted by atomic mass is 32.2. The maximum Gasteiger partial charge on any atom is 0.269 e. The second-order valence-corrected chi connectivity index (χ2v) is 5.32. The summed E-state index contributed by atoms with van der Waals surface area (Å²) in [4.78, 5) is 10.1. The third-order valence-electron chi connectivity index (χ3n) is 2.93. The third-order valence-corrected chi connectivity index (χ3v) is 4.35. The topological polar surface area (TPSA) is 55.2 Å². The number of thioether (sulfide) groups is 1. The molecule has 2 rings (SSSR count). The summed E-state index contributed by atoms with van der Waals surface area (Å²) < 4.78 is 0.405. The maximum atomic E-state index is 10.5. The number of rotatable bonds is 5. The van der Waals surface area contributed by atoms with Crippen molar-refractivity contribution < 1.29 is 4.92 Å². The molecule has 16 heavy (non-hydrogen) atoms. The van der Waals surface area contributed by atoms with Gasteiger partial charge in [0.05, 0.1) is 4.92 Å². The average Bonchev–Trinajstić information content (AvgIpc) is 3.08. The number of nitrogens with one attached hydrogen (secondary N) is 1. The highest BCUT2D eigenvalue weighted by Crippen LogP contribution is 2.47. The molecule has 0 heterocycles. The molecule has 1 fully saturated rings. The molecule has 1 aromatic carbocycles. The summed E-state index contributed by atoms with van der Waals surface area (Å²) in [5.74, 6) is 0. The zero-order valence-corrected chi connectivity index (χ0v) is 9.92. The minimum atomic E-state index is -0.381. The van der Waals surface area contributed by atoms with Crippen LogP contribution in [0.4, 0.5) is 11.4 Å². The van der Waals surface area contributed by atoms with Gasteiger partial charge in [-0.25, -0.2) is 0 Å². The molecule has 0 unspecified atom stereocenters. The normalized spacial score (nSPS) is 16.8. The Kier molecular flexibility index (Phi) is 3.05. The minimum Gasteiger partial charge on any atom is -0.384 e. The number of hydrogen-bond donors (Lipinski definition) is 1. The Hall–Kier alpha value is -1.23. The van der Waals surface area contributed by atoms with Crippen LogP contribution in [0.5, 0.6) is 0 Å². The maximum absolute atomic E-state index is 10.5. The predicted octanol–water partition coefficient (Wildman–Crippen LogP) is 2.90. The molecule has 0 amide bonds. The first-order valence-corrected chi connectivity index (χ1v) is 6.41. The number of benzene rings is 1. The Morgan fingerprint density at radius 1 is 1.44 bits per heavy atom. The average molecular weight is 238 g/mol. The lowest BCUT2D eigenvalue weighted by Gasteiger charge is -2.13. The van der Waals surface area contributed by atoms with Crippen molar-refractivity contribution in [3.8, 4) is 0 Å². The van der Waals surface area contributed by atoms with E-state index in [-0.39, 0.29) is 10.6 Å². The zero-order chi connectivity index (χ0) is 11.6. The van der Waals surface area contributed by atoms with E-state index < -0.39 is 0 Å². The molecule has 0 spiro atoms. The molecular formula is C11H14N2O2S. The van der Waals surface area contributed by atoms with Gasteiger partial charge in [0.2, 0.25) is 0 Å². The largest absolute Gasteiger partial charge is 0.384 e. The Bertz CT molecular complexity index is 387. The third kappa shape index (κ3) is 2.47. The molecule has 0 radical (unpaired) electrons. The van der Waals surface area contributed by atoms with Crippen molar-refractivity contribution in [1.82, 2.24) is 0 Å². The van der Waals surface area contributed by atoms with Crippen LogP contribution in [0.2, 0.25) is 0 Å². The second kappa shape index (κ2) is 4.33. The number of nitro benzene ring substituents is 1. The summed E-state index contributed by atoms with van der Waals surface area (Å²) in [6, 6.07) is 6.57. The Morgan fingerprint density at radius 2 is 2.06 bits per heavy atom. The Labute approximate surface area is 98.6 Å². The monoisotopic (exact) mass is 238 g/mol. The lowest BCUT2D eigenvalue weighted by molar-refractivity contribution is -0.384. The molecule has 0 aliphatic heterocycles. The van der Waals surface area contributed by atoms with Crippen LogP contribution in [0, 0.1) is 10.1 Å². The summed E-state index contributed by atoms with van der Waals surface area (Å²) in [7, 11) is 0. The highest BCUT2D eigenvalue weighted by molar-refractivity contribution is 8.00. The molecule has 0 aromatic heterocycles. The minimum absolute atomic E-state index is 0.136. The van der Waals surface area contributed by atoms with E-state index in [1.165, 1.54) is 25.0 Å². The van der Waals surface area contributed by atoms with E-state index in [0.717, 1.165) is 12.2 Å². The van der Waals surface area contributed by atoms with Gasteiger partial charge in [0.15, 0.2) is 0 Å². The van der Waals surface area contributed by atoms with Crippen LogP contribution in [0.15, 0.2) is 24.3 Å². The van der Waals surface area contributed by atoms with Gasteiger partial charge >= 0.3 is 0 Å². The molecule has 86 valence electrons. The quantitative estimate of drug-likeness (QED) is 0.633. The van der Waals surface area contributed by atoms with Gasteiger partial charge in [-0.05, 0) is 31.2 Å². The van der Waals surface area contributed by atoms with E-state index >= 15 is 0 Å². The molecule has 0 bridgehead atoms. The zero-order valence-electron chi connectivity index (χ0n) is 9.10. The first-order chi connectivity index (χ1) is 7.65. The predicted molar refractivity (Wildman–Crippen MR) is 67.1 cm³/mol. The van der Waals surface area contributed by atoms with Crippen molar-refractivity contribution in [2.45, 2.75) is 17.6 Å². The molecule has 1 aliphatic carbocycles. The fourth-order valence-corrected chi connectivity index (χ4v) is 2.28. The van der Waals surface area contributed by atoms with E-state index in [0.29, 0.717) is 4.75 Å². The van der Waals surface area contributed by atoms with Crippen LogP contribution < -0.4 is 5.32 Å². The van der Waals surface area contributed by atoms with Crippen LogP contribution in [0.1, 0.15) is 12.8 Å². The van der Waals surface area contributed by atoms with Gasteiger partial charge in [-0.3, -0.25) is 10.1 Å². The van der Waals surface area contributed by atoms with E-state index in [2.05, 4.69) is 11.6 Å².